The summed E-state index contributed by atoms with van der Waals surface area (Å²) in [7, 11) is 0. The quantitative estimate of drug-likeness (QED) is 0.668. The number of halogens is 1. The van der Waals surface area contributed by atoms with Crippen LogP contribution in [-0.4, -0.2) is 20.7 Å². The molecule has 0 aliphatic rings. The van der Waals surface area contributed by atoms with Gasteiger partial charge in [-0.3, -0.25) is 14.5 Å². The molecular weight excluding hydrogens is 356 g/mol. The zero-order chi connectivity index (χ0) is 17.8. The molecule has 0 spiro atoms. The Morgan fingerprint density at radius 2 is 1.88 bits per heavy atom. The van der Waals surface area contributed by atoms with E-state index >= 15 is 0 Å². The molecular formula is C18H17ClN4OS. The van der Waals surface area contributed by atoms with E-state index in [2.05, 4.69) is 15.5 Å². The van der Waals surface area contributed by atoms with Crippen LogP contribution in [0.2, 0.25) is 5.02 Å². The average Bonchev–Trinajstić information content (AvgIpc) is 2.96. The number of nitrogens with one attached hydrogen (secondary N) is 2. The number of nitrogens with zero attached hydrogens (tertiary/aromatic N) is 2. The standard InChI is InChI=1S/C18H17ClN4OS/c1-12-2-4-13(5-3-12)10-20-16(24)11-23-17(21-22-18(23)25)14-6-8-15(19)9-7-14/h2-9H,10-11H2,1H3,(H,20,24)(H,22,25). The van der Waals surface area contributed by atoms with E-state index in [1.807, 2.05) is 43.3 Å². The molecule has 5 nitrogen and oxygen atoms in total. The molecule has 0 radical (unpaired) electrons. The molecule has 128 valence electrons. The van der Waals surface area contributed by atoms with Crippen LogP contribution in [-0.2, 0) is 17.9 Å². The Labute approximate surface area is 155 Å². The first-order valence-electron chi connectivity index (χ1n) is 7.76. The molecule has 0 aliphatic heterocycles. The van der Waals surface area contributed by atoms with Crippen molar-refractivity contribution >= 4 is 29.7 Å². The van der Waals surface area contributed by atoms with Crippen LogP contribution in [0.5, 0.6) is 0 Å². The van der Waals surface area contributed by atoms with Gasteiger partial charge in [0.05, 0.1) is 0 Å². The number of hydrogen-bond acceptors (Lipinski definition) is 3. The Kier molecular flexibility index (Phi) is 5.31. The van der Waals surface area contributed by atoms with Crippen molar-refractivity contribution in [2.45, 2.75) is 20.0 Å². The molecule has 25 heavy (non-hydrogen) atoms. The number of aromatic nitrogens is 3. The van der Waals surface area contributed by atoms with Crippen LogP contribution < -0.4 is 5.32 Å². The summed E-state index contributed by atoms with van der Waals surface area (Å²) in [5, 5.41) is 10.5. The van der Waals surface area contributed by atoms with Gasteiger partial charge in [-0.15, -0.1) is 0 Å². The maximum Gasteiger partial charge on any atom is 0.240 e. The lowest BCUT2D eigenvalue weighted by atomic mass is 10.1. The van der Waals surface area contributed by atoms with Gasteiger partial charge in [-0.05, 0) is 49.0 Å². The highest BCUT2D eigenvalue weighted by Crippen LogP contribution is 2.19. The summed E-state index contributed by atoms with van der Waals surface area (Å²) in [4.78, 5) is 12.3. The SMILES string of the molecule is Cc1ccc(CNC(=O)Cn2c(-c3ccc(Cl)cc3)n[nH]c2=S)cc1. The molecule has 7 heteroatoms. The van der Waals surface area contributed by atoms with E-state index in [-0.39, 0.29) is 12.5 Å². The van der Waals surface area contributed by atoms with Crippen LogP contribution in [0.4, 0.5) is 0 Å². The molecule has 0 unspecified atom stereocenters. The van der Waals surface area contributed by atoms with Crippen LogP contribution in [0.1, 0.15) is 11.1 Å². The van der Waals surface area contributed by atoms with Gasteiger partial charge in [0.2, 0.25) is 5.91 Å². The van der Waals surface area contributed by atoms with Gasteiger partial charge >= 0.3 is 0 Å². The van der Waals surface area contributed by atoms with Crippen LogP contribution in [0.25, 0.3) is 11.4 Å². The molecule has 0 bridgehead atoms. The number of carbonyl (C=O) groups excluding carboxylic acids is 1. The van der Waals surface area contributed by atoms with Crippen LogP contribution >= 0.6 is 23.8 Å². The molecule has 1 heterocycles. The fraction of sp³-hybridized carbons (Fsp3) is 0.167. The molecule has 0 atom stereocenters. The van der Waals surface area contributed by atoms with E-state index in [9.17, 15) is 4.79 Å². The van der Waals surface area contributed by atoms with Crippen molar-refractivity contribution in [1.82, 2.24) is 20.1 Å². The lowest BCUT2D eigenvalue weighted by molar-refractivity contribution is -0.121. The fourth-order valence-corrected chi connectivity index (χ4v) is 2.71. The third kappa shape index (κ3) is 4.35. The number of hydrogen-bond donors (Lipinski definition) is 2. The largest absolute Gasteiger partial charge is 0.350 e. The Morgan fingerprint density at radius 1 is 1.20 bits per heavy atom. The van der Waals surface area contributed by atoms with Crippen molar-refractivity contribution in [2.24, 2.45) is 0 Å². The summed E-state index contributed by atoms with van der Waals surface area (Å²) < 4.78 is 2.07. The van der Waals surface area contributed by atoms with E-state index in [1.54, 1.807) is 16.7 Å². The molecule has 0 saturated carbocycles. The van der Waals surface area contributed by atoms with Crippen molar-refractivity contribution in [3.8, 4) is 11.4 Å². The van der Waals surface area contributed by atoms with Crippen LogP contribution in [0.15, 0.2) is 48.5 Å². The van der Waals surface area contributed by atoms with E-state index in [1.165, 1.54) is 5.56 Å². The summed E-state index contributed by atoms with van der Waals surface area (Å²) in [6.45, 7) is 2.60. The maximum absolute atomic E-state index is 12.3. The minimum absolute atomic E-state index is 0.0964. The van der Waals surface area contributed by atoms with Gasteiger partial charge in [0, 0.05) is 17.1 Å². The summed E-state index contributed by atoms with van der Waals surface area (Å²) in [5.74, 6) is 0.473. The number of amides is 1. The lowest BCUT2D eigenvalue weighted by Gasteiger charge is -2.09. The van der Waals surface area contributed by atoms with Crippen molar-refractivity contribution in [1.29, 1.82) is 0 Å². The van der Waals surface area contributed by atoms with Gasteiger partial charge in [-0.2, -0.15) is 5.10 Å². The normalized spacial score (nSPS) is 10.6. The average molecular weight is 373 g/mol. The third-order valence-corrected chi connectivity index (χ3v) is 4.34. The molecule has 1 amide bonds. The molecule has 0 aliphatic carbocycles. The second-order valence-electron chi connectivity index (χ2n) is 5.71. The summed E-state index contributed by atoms with van der Waals surface area (Å²) >= 11 is 11.2. The van der Waals surface area contributed by atoms with Gasteiger partial charge in [0.25, 0.3) is 0 Å². The summed E-state index contributed by atoms with van der Waals surface area (Å²) in [5.41, 5.74) is 3.07. The number of aryl methyl sites for hydroxylation is 1. The Hall–Kier alpha value is -2.44. The smallest absolute Gasteiger partial charge is 0.240 e. The zero-order valence-corrected chi connectivity index (χ0v) is 15.2. The van der Waals surface area contributed by atoms with Gasteiger partial charge in [-0.1, -0.05) is 41.4 Å². The monoisotopic (exact) mass is 372 g/mol. The van der Waals surface area contributed by atoms with Crippen molar-refractivity contribution in [2.75, 3.05) is 0 Å². The molecule has 2 N–H and O–H groups in total. The highest BCUT2D eigenvalue weighted by Gasteiger charge is 2.12. The number of H-pyrrole nitrogens is 1. The number of rotatable bonds is 5. The zero-order valence-electron chi connectivity index (χ0n) is 13.6. The van der Waals surface area contributed by atoms with Gasteiger partial charge in [0.1, 0.15) is 6.54 Å². The Morgan fingerprint density at radius 3 is 2.56 bits per heavy atom. The maximum atomic E-state index is 12.3. The molecule has 1 aromatic heterocycles. The van der Waals surface area contributed by atoms with Crippen molar-refractivity contribution in [3.05, 3.63) is 69.5 Å². The number of carbonyl (C=O) groups is 1. The van der Waals surface area contributed by atoms with Crippen molar-refractivity contribution < 1.29 is 4.79 Å². The predicted molar refractivity (Wildman–Crippen MR) is 101 cm³/mol. The molecule has 3 aromatic rings. The first-order valence-corrected chi connectivity index (χ1v) is 8.55. The van der Waals surface area contributed by atoms with Crippen LogP contribution in [0.3, 0.4) is 0 Å². The second-order valence-corrected chi connectivity index (χ2v) is 6.53. The highest BCUT2D eigenvalue weighted by molar-refractivity contribution is 7.71. The molecule has 0 fully saturated rings. The topological polar surface area (TPSA) is 62.7 Å². The summed E-state index contributed by atoms with van der Waals surface area (Å²) in [6.07, 6.45) is 0. The van der Waals surface area contributed by atoms with Crippen LogP contribution in [0, 0.1) is 11.7 Å². The first-order chi connectivity index (χ1) is 12.0. The highest BCUT2D eigenvalue weighted by atomic mass is 35.5. The molecule has 2 aromatic carbocycles. The Balaban J connectivity index is 1.71. The molecule has 0 saturated heterocycles. The third-order valence-electron chi connectivity index (χ3n) is 3.77. The van der Waals surface area contributed by atoms with Crippen molar-refractivity contribution in [3.63, 3.8) is 0 Å². The van der Waals surface area contributed by atoms with Gasteiger partial charge in [0.15, 0.2) is 10.6 Å². The predicted octanol–water partition coefficient (Wildman–Crippen LogP) is 3.89. The minimum Gasteiger partial charge on any atom is -0.350 e. The molecule has 3 rings (SSSR count). The van der Waals surface area contributed by atoms with E-state index < -0.39 is 0 Å². The van der Waals surface area contributed by atoms with Gasteiger partial charge in [-0.25, -0.2) is 0 Å². The van der Waals surface area contributed by atoms with E-state index in [0.717, 1.165) is 11.1 Å². The second kappa shape index (κ2) is 7.63. The van der Waals surface area contributed by atoms with Gasteiger partial charge < -0.3 is 5.32 Å². The number of benzene rings is 2. The summed E-state index contributed by atoms with van der Waals surface area (Å²) in [6, 6.07) is 15.3. The lowest BCUT2D eigenvalue weighted by Crippen LogP contribution is -2.27. The fourth-order valence-electron chi connectivity index (χ4n) is 2.39. The first kappa shape index (κ1) is 17.4. The Bertz CT molecular complexity index is 929. The van der Waals surface area contributed by atoms with E-state index in [0.29, 0.717) is 22.2 Å². The number of aromatic amines is 1. The minimum atomic E-state index is -0.131. The van der Waals surface area contributed by atoms with E-state index in [4.69, 9.17) is 23.8 Å².